The fourth-order valence-corrected chi connectivity index (χ4v) is 3.53. The average Bonchev–Trinajstić information content (AvgIpc) is 2.82. The maximum atomic E-state index is 10.4. The minimum Gasteiger partial charge on any atom is -0.493 e. The van der Waals surface area contributed by atoms with Gasteiger partial charge in [-0.15, -0.1) is 0 Å². The van der Waals surface area contributed by atoms with Crippen LogP contribution >= 0.6 is 0 Å². The molecule has 3 rings (SSSR count). The fraction of sp³-hybridized carbons (Fsp3) is 0.700. The molecule has 2 heterocycles. The maximum Gasteiger partial charge on any atom is 0.229 e. The van der Waals surface area contributed by atoms with Crippen molar-refractivity contribution in [3.05, 3.63) is 12.1 Å². The highest BCUT2D eigenvalue weighted by atomic mass is 16.7. The van der Waals surface area contributed by atoms with Gasteiger partial charge in [0, 0.05) is 12.1 Å². The number of aliphatic hydroxyl groups excluding tert-OH is 6. The van der Waals surface area contributed by atoms with Crippen LogP contribution in [0.15, 0.2) is 12.1 Å². The molecule has 2 aliphatic heterocycles. The number of benzene rings is 1. The molecule has 0 saturated carbocycles. The predicted molar refractivity (Wildman–Crippen MR) is 107 cm³/mol. The molecule has 33 heavy (non-hydrogen) atoms. The van der Waals surface area contributed by atoms with Crippen LogP contribution in [0.2, 0.25) is 0 Å². The molecule has 1 aromatic carbocycles. The van der Waals surface area contributed by atoms with Crippen molar-refractivity contribution in [2.45, 2.75) is 55.3 Å². The molecule has 0 amide bonds. The summed E-state index contributed by atoms with van der Waals surface area (Å²) in [5.41, 5.74) is 0. The average molecular weight is 478 g/mol. The Morgan fingerprint density at radius 2 is 1.39 bits per heavy atom. The Kier molecular flexibility index (Phi) is 8.55. The molecule has 2 saturated heterocycles. The van der Waals surface area contributed by atoms with E-state index in [1.807, 2.05) is 0 Å². The van der Waals surface area contributed by atoms with E-state index in [0.29, 0.717) is 5.75 Å². The lowest BCUT2D eigenvalue weighted by Crippen LogP contribution is -2.61. The van der Waals surface area contributed by atoms with Crippen molar-refractivity contribution < 1.29 is 63.8 Å². The molecule has 6 N–H and O–H groups in total. The van der Waals surface area contributed by atoms with Gasteiger partial charge in [-0.2, -0.15) is 0 Å². The topological polar surface area (TPSA) is 186 Å². The van der Waals surface area contributed by atoms with Gasteiger partial charge in [-0.3, -0.25) is 0 Å². The maximum absolute atomic E-state index is 10.4. The molecule has 0 aliphatic carbocycles. The first-order valence-electron chi connectivity index (χ1n) is 10.2. The van der Waals surface area contributed by atoms with Gasteiger partial charge in [0.1, 0.15) is 48.5 Å². The smallest absolute Gasteiger partial charge is 0.229 e. The third kappa shape index (κ3) is 5.42. The lowest BCUT2D eigenvalue weighted by molar-refractivity contribution is -0.307. The molecular weight excluding hydrogens is 448 g/mol. The Hall–Kier alpha value is -1.94. The predicted octanol–water partition coefficient (Wildman–Crippen LogP) is -2.65. The molecule has 188 valence electrons. The van der Waals surface area contributed by atoms with Crippen LogP contribution in [-0.2, 0) is 14.2 Å². The molecule has 9 atom stereocenters. The van der Waals surface area contributed by atoms with E-state index < -0.39 is 61.9 Å². The van der Waals surface area contributed by atoms with E-state index in [2.05, 4.69) is 0 Å². The van der Waals surface area contributed by atoms with E-state index in [4.69, 9.17) is 33.2 Å². The lowest BCUT2D eigenvalue weighted by atomic mass is 9.99. The van der Waals surface area contributed by atoms with Gasteiger partial charge in [-0.05, 0) is 0 Å². The van der Waals surface area contributed by atoms with Crippen LogP contribution in [0.25, 0.3) is 0 Å². The van der Waals surface area contributed by atoms with Crippen molar-refractivity contribution in [2.24, 2.45) is 0 Å². The van der Waals surface area contributed by atoms with Crippen molar-refractivity contribution in [1.29, 1.82) is 0 Å². The summed E-state index contributed by atoms with van der Waals surface area (Å²) in [5.74, 6) is 1.03. The number of hydrogen-bond acceptors (Lipinski definition) is 13. The molecule has 1 aromatic rings. The third-order valence-corrected chi connectivity index (χ3v) is 5.44. The number of hydrogen-bond donors (Lipinski definition) is 6. The molecule has 0 unspecified atom stereocenters. The summed E-state index contributed by atoms with van der Waals surface area (Å²) < 4.78 is 37.5. The van der Waals surface area contributed by atoms with Crippen LogP contribution in [0.4, 0.5) is 0 Å². The van der Waals surface area contributed by atoms with Crippen molar-refractivity contribution in [3.8, 4) is 23.0 Å². The number of methoxy groups -OCH3 is 3. The SMILES string of the molecule is COc1cc(O[C@@H]2O[C@H](CO[C@@H]3OC[C@H](O)[C@H](O)[C@H]3O)[C@@H](O)[C@H](O)[C@H]2O)cc(OC)c1OC. The zero-order valence-electron chi connectivity index (χ0n) is 18.3. The Morgan fingerprint density at radius 1 is 0.788 bits per heavy atom. The number of ether oxygens (including phenoxy) is 7. The third-order valence-electron chi connectivity index (χ3n) is 5.44. The van der Waals surface area contributed by atoms with E-state index in [1.54, 1.807) is 0 Å². The fourth-order valence-electron chi connectivity index (χ4n) is 3.53. The largest absolute Gasteiger partial charge is 0.493 e. The normalized spacial score (nSPS) is 36.8. The molecule has 0 radical (unpaired) electrons. The molecule has 2 fully saturated rings. The first kappa shape index (κ1) is 25.7. The van der Waals surface area contributed by atoms with Gasteiger partial charge >= 0.3 is 0 Å². The highest BCUT2D eigenvalue weighted by Crippen LogP contribution is 2.41. The summed E-state index contributed by atoms with van der Waals surface area (Å²) in [6.07, 6.45) is -13.1. The van der Waals surface area contributed by atoms with Crippen molar-refractivity contribution in [3.63, 3.8) is 0 Å². The van der Waals surface area contributed by atoms with Gasteiger partial charge in [0.05, 0.1) is 34.5 Å². The summed E-state index contributed by atoms with van der Waals surface area (Å²) in [4.78, 5) is 0. The first-order chi connectivity index (χ1) is 15.7. The van der Waals surface area contributed by atoms with Crippen LogP contribution in [0.3, 0.4) is 0 Å². The Bertz CT molecular complexity index is 751. The highest BCUT2D eigenvalue weighted by molar-refractivity contribution is 5.55. The molecule has 0 spiro atoms. The van der Waals surface area contributed by atoms with E-state index in [1.165, 1.54) is 33.5 Å². The van der Waals surface area contributed by atoms with Gasteiger partial charge < -0.3 is 63.8 Å². The second-order valence-corrected chi connectivity index (χ2v) is 7.58. The van der Waals surface area contributed by atoms with Crippen LogP contribution in [-0.4, -0.2) is 120 Å². The Morgan fingerprint density at radius 3 is 1.97 bits per heavy atom. The Balaban J connectivity index is 1.71. The standard InChI is InChI=1S/C20H30O13/c1-27-10-4-8(5-11(28-2)18(10)29-3)32-20-17(26)15(24)14(23)12(33-20)7-31-19-16(25)13(22)9(21)6-30-19/h4-5,9,12-17,19-26H,6-7H2,1-3H3/t9-,12+,13-,14+,15-,16+,17+,19-,20+/m0/s1. The summed E-state index contributed by atoms with van der Waals surface area (Å²) in [6, 6.07) is 2.92. The van der Waals surface area contributed by atoms with E-state index in [-0.39, 0.29) is 23.9 Å². The Labute approximate surface area is 189 Å². The summed E-state index contributed by atoms with van der Waals surface area (Å²) in [5, 5.41) is 60.2. The molecule has 13 nitrogen and oxygen atoms in total. The van der Waals surface area contributed by atoms with Crippen molar-refractivity contribution in [1.82, 2.24) is 0 Å². The van der Waals surface area contributed by atoms with Crippen LogP contribution < -0.4 is 18.9 Å². The summed E-state index contributed by atoms with van der Waals surface area (Å²) in [7, 11) is 4.26. The minimum atomic E-state index is -1.65. The van der Waals surface area contributed by atoms with E-state index in [9.17, 15) is 30.6 Å². The molecular formula is C20H30O13. The minimum absolute atomic E-state index is 0.153. The first-order valence-corrected chi connectivity index (χ1v) is 10.2. The number of aliphatic hydroxyl groups is 6. The van der Waals surface area contributed by atoms with Gasteiger partial charge in [-0.25, -0.2) is 0 Å². The number of rotatable bonds is 8. The summed E-state index contributed by atoms with van der Waals surface area (Å²) >= 11 is 0. The summed E-state index contributed by atoms with van der Waals surface area (Å²) in [6.45, 7) is -0.671. The van der Waals surface area contributed by atoms with Crippen molar-refractivity contribution in [2.75, 3.05) is 34.5 Å². The lowest BCUT2D eigenvalue weighted by Gasteiger charge is -2.41. The molecule has 0 aromatic heterocycles. The van der Waals surface area contributed by atoms with Crippen LogP contribution in [0.1, 0.15) is 0 Å². The van der Waals surface area contributed by atoms with Gasteiger partial charge in [-0.1, -0.05) is 0 Å². The molecule has 13 heteroatoms. The second-order valence-electron chi connectivity index (χ2n) is 7.58. The second kappa shape index (κ2) is 11.0. The van der Waals surface area contributed by atoms with Gasteiger partial charge in [0.2, 0.25) is 12.0 Å². The van der Waals surface area contributed by atoms with Gasteiger partial charge in [0.15, 0.2) is 17.8 Å². The van der Waals surface area contributed by atoms with E-state index in [0.717, 1.165) is 0 Å². The molecule has 0 bridgehead atoms. The van der Waals surface area contributed by atoms with Crippen molar-refractivity contribution >= 4 is 0 Å². The zero-order valence-corrected chi connectivity index (χ0v) is 18.3. The molecule has 2 aliphatic rings. The van der Waals surface area contributed by atoms with Gasteiger partial charge in [0.25, 0.3) is 0 Å². The van der Waals surface area contributed by atoms with E-state index >= 15 is 0 Å². The van der Waals surface area contributed by atoms with Crippen LogP contribution in [0, 0.1) is 0 Å². The highest BCUT2D eigenvalue weighted by Gasteiger charge is 2.46. The monoisotopic (exact) mass is 478 g/mol. The quantitative estimate of drug-likeness (QED) is 0.228. The zero-order chi connectivity index (χ0) is 24.3. The van der Waals surface area contributed by atoms with Crippen LogP contribution in [0.5, 0.6) is 23.0 Å².